The molecule has 1 aliphatic heterocycles. The highest BCUT2D eigenvalue weighted by atomic mass is 16.5. The molecule has 2 heterocycles. The Balaban J connectivity index is 1.12. The lowest BCUT2D eigenvalue weighted by molar-refractivity contribution is -0.133. The summed E-state index contributed by atoms with van der Waals surface area (Å²) in [6.45, 7) is 1.88. The highest BCUT2D eigenvalue weighted by Crippen LogP contribution is 2.41. The number of likely N-dealkylation sites (N-methyl/N-ethyl adjacent to an activating group) is 1. The quantitative estimate of drug-likeness (QED) is 0.304. The Labute approximate surface area is 240 Å². The molecular weight excluding hydrogens is 514 g/mol. The lowest BCUT2D eigenvalue weighted by Gasteiger charge is -2.32. The third kappa shape index (κ3) is 6.28. The molecule has 8 heteroatoms. The summed E-state index contributed by atoms with van der Waals surface area (Å²) in [4.78, 5) is 29.5. The molecule has 0 radical (unpaired) electrons. The SMILES string of the molecule is CN(C)CC(=O)N1CCC(Oc2ccc(-c3n[nH]c4ccc(C(=O)NC(c5ccccc5)C5CC5)cc34)cc2)CC1. The number of aromatic amines is 1. The van der Waals surface area contributed by atoms with E-state index in [0.717, 1.165) is 72.2 Å². The number of aromatic nitrogens is 2. The van der Waals surface area contributed by atoms with Gasteiger partial charge in [-0.25, -0.2) is 0 Å². The molecule has 1 atom stereocenters. The molecule has 212 valence electrons. The van der Waals surface area contributed by atoms with E-state index in [1.165, 1.54) is 0 Å². The summed E-state index contributed by atoms with van der Waals surface area (Å²) in [5, 5.41) is 11.9. The largest absolute Gasteiger partial charge is 0.490 e. The molecule has 8 nitrogen and oxygen atoms in total. The third-order valence-electron chi connectivity index (χ3n) is 8.04. The van der Waals surface area contributed by atoms with Gasteiger partial charge in [-0.05, 0) is 80.9 Å². The van der Waals surface area contributed by atoms with Crippen LogP contribution in [0.2, 0.25) is 0 Å². The average molecular weight is 552 g/mol. The molecule has 6 rings (SSSR count). The number of ether oxygens (including phenoxy) is 1. The van der Waals surface area contributed by atoms with E-state index < -0.39 is 0 Å². The van der Waals surface area contributed by atoms with Gasteiger partial charge >= 0.3 is 0 Å². The van der Waals surface area contributed by atoms with Gasteiger partial charge in [0.25, 0.3) is 5.91 Å². The molecule has 2 amide bonds. The van der Waals surface area contributed by atoms with Gasteiger partial charge in [-0.2, -0.15) is 5.10 Å². The van der Waals surface area contributed by atoms with Gasteiger partial charge in [-0.3, -0.25) is 14.7 Å². The second-order valence-electron chi connectivity index (χ2n) is 11.5. The number of hydrogen-bond donors (Lipinski definition) is 2. The van der Waals surface area contributed by atoms with Crippen LogP contribution >= 0.6 is 0 Å². The molecule has 1 unspecified atom stereocenters. The Hall–Kier alpha value is -4.17. The van der Waals surface area contributed by atoms with E-state index >= 15 is 0 Å². The number of carbonyl (C=O) groups is 2. The van der Waals surface area contributed by atoms with Crippen LogP contribution < -0.4 is 10.1 Å². The van der Waals surface area contributed by atoms with E-state index in [4.69, 9.17) is 4.74 Å². The summed E-state index contributed by atoms with van der Waals surface area (Å²) >= 11 is 0. The Morgan fingerprint density at radius 1 is 1.00 bits per heavy atom. The number of likely N-dealkylation sites (tertiary alicyclic amines) is 1. The summed E-state index contributed by atoms with van der Waals surface area (Å²) in [5.74, 6) is 1.40. The minimum Gasteiger partial charge on any atom is -0.490 e. The molecule has 1 saturated heterocycles. The van der Waals surface area contributed by atoms with Crippen molar-refractivity contribution >= 4 is 22.7 Å². The predicted molar refractivity (Wildman–Crippen MR) is 160 cm³/mol. The maximum absolute atomic E-state index is 13.3. The molecule has 0 bridgehead atoms. The van der Waals surface area contributed by atoms with Crippen LogP contribution in [0.25, 0.3) is 22.2 Å². The lowest BCUT2D eigenvalue weighted by Crippen LogP contribution is -2.44. The molecule has 0 spiro atoms. The van der Waals surface area contributed by atoms with Crippen LogP contribution in [-0.2, 0) is 4.79 Å². The zero-order valence-electron chi connectivity index (χ0n) is 23.7. The van der Waals surface area contributed by atoms with Crippen molar-refractivity contribution in [1.82, 2.24) is 25.3 Å². The Morgan fingerprint density at radius 2 is 1.73 bits per heavy atom. The second kappa shape index (κ2) is 11.7. The monoisotopic (exact) mass is 551 g/mol. The maximum atomic E-state index is 13.3. The number of H-pyrrole nitrogens is 1. The summed E-state index contributed by atoms with van der Waals surface area (Å²) < 4.78 is 6.24. The third-order valence-corrected chi connectivity index (χ3v) is 8.04. The number of fused-ring (bicyclic) bond motifs is 1. The fraction of sp³-hybridized carbons (Fsp3) is 0.364. The molecule has 2 aliphatic rings. The smallest absolute Gasteiger partial charge is 0.251 e. The van der Waals surface area contributed by atoms with Crippen molar-refractivity contribution in [2.75, 3.05) is 33.7 Å². The van der Waals surface area contributed by atoms with Crippen LogP contribution in [0.15, 0.2) is 72.8 Å². The molecule has 1 saturated carbocycles. The molecule has 41 heavy (non-hydrogen) atoms. The van der Waals surface area contributed by atoms with E-state index in [9.17, 15) is 9.59 Å². The van der Waals surface area contributed by atoms with Crippen LogP contribution in [0, 0.1) is 5.92 Å². The summed E-state index contributed by atoms with van der Waals surface area (Å²) in [6, 6.07) is 23.9. The number of nitrogens with one attached hydrogen (secondary N) is 2. The minimum atomic E-state index is -0.0713. The highest BCUT2D eigenvalue weighted by Gasteiger charge is 2.33. The lowest BCUT2D eigenvalue weighted by atomic mass is 10.0. The summed E-state index contributed by atoms with van der Waals surface area (Å²) in [5.41, 5.74) is 4.41. The number of hydrogen-bond acceptors (Lipinski definition) is 5. The molecular formula is C33H37N5O3. The van der Waals surface area contributed by atoms with Crippen molar-refractivity contribution in [3.8, 4) is 17.0 Å². The maximum Gasteiger partial charge on any atom is 0.251 e. The zero-order chi connectivity index (χ0) is 28.3. The molecule has 2 fully saturated rings. The minimum absolute atomic E-state index is 0.0292. The average Bonchev–Trinajstić information content (AvgIpc) is 3.75. The van der Waals surface area contributed by atoms with Gasteiger partial charge in [0.05, 0.1) is 23.8 Å². The molecule has 1 aliphatic carbocycles. The van der Waals surface area contributed by atoms with Crippen molar-refractivity contribution in [3.05, 3.63) is 83.9 Å². The van der Waals surface area contributed by atoms with E-state index in [0.29, 0.717) is 18.0 Å². The number of nitrogens with zero attached hydrogens (tertiary/aromatic N) is 3. The van der Waals surface area contributed by atoms with Crippen LogP contribution in [0.5, 0.6) is 5.75 Å². The first-order chi connectivity index (χ1) is 19.9. The van der Waals surface area contributed by atoms with E-state index in [2.05, 4.69) is 27.6 Å². The standard InChI is InChI=1S/C33H37N5O3/c1-37(2)21-30(39)38-18-16-27(17-19-38)41-26-13-10-24(11-14-26)32-28-20-25(12-15-29(28)35-36-32)33(40)34-31(23-8-9-23)22-6-4-3-5-7-22/h3-7,10-15,20,23,27,31H,8-9,16-19,21H2,1-2H3,(H,34,40)(H,35,36). The first-order valence-corrected chi connectivity index (χ1v) is 14.5. The Morgan fingerprint density at radius 3 is 2.41 bits per heavy atom. The fourth-order valence-electron chi connectivity index (χ4n) is 5.64. The number of rotatable bonds is 9. The van der Waals surface area contributed by atoms with Gasteiger partial charge in [0.2, 0.25) is 5.91 Å². The van der Waals surface area contributed by atoms with E-state index in [-0.39, 0.29) is 24.0 Å². The first-order valence-electron chi connectivity index (χ1n) is 14.5. The van der Waals surface area contributed by atoms with Crippen molar-refractivity contribution in [2.45, 2.75) is 37.8 Å². The number of amides is 2. The van der Waals surface area contributed by atoms with Crippen LogP contribution in [0.3, 0.4) is 0 Å². The fourth-order valence-corrected chi connectivity index (χ4v) is 5.64. The molecule has 3 aromatic carbocycles. The molecule has 2 N–H and O–H groups in total. The van der Waals surface area contributed by atoms with Gasteiger partial charge in [-0.15, -0.1) is 0 Å². The van der Waals surface area contributed by atoms with Gasteiger partial charge in [-0.1, -0.05) is 30.3 Å². The topological polar surface area (TPSA) is 90.6 Å². The van der Waals surface area contributed by atoms with Gasteiger partial charge < -0.3 is 19.9 Å². The summed E-state index contributed by atoms with van der Waals surface area (Å²) in [6.07, 6.45) is 4.01. The van der Waals surface area contributed by atoms with E-state index in [1.54, 1.807) is 0 Å². The number of benzene rings is 3. The van der Waals surface area contributed by atoms with Crippen molar-refractivity contribution in [3.63, 3.8) is 0 Å². The second-order valence-corrected chi connectivity index (χ2v) is 11.5. The van der Waals surface area contributed by atoms with Crippen molar-refractivity contribution in [2.24, 2.45) is 5.92 Å². The Kier molecular flexibility index (Phi) is 7.74. The van der Waals surface area contributed by atoms with Gasteiger partial charge in [0.1, 0.15) is 11.9 Å². The van der Waals surface area contributed by atoms with E-state index in [1.807, 2.05) is 84.6 Å². The number of carbonyl (C=O) groups excluding carboxylic acids is 2. The van der Waals surface area contributed by atoms with Crippen molar-refractivity contribution < 1.29 is 14.3 Å². The zero-order valence-corrected chi connectivity index (χ0v) is 23.7. The van der Waals surface area contributed by atoms with Crippen LogP contribution in [0.1, 0.15) is 47.6 Å². The number of piperidine rings is 1. The highest BCUT2D eigenvalue weighted by molar-refractivity contribution is 6.01. The van der Waals surface area contributed by atoms with Gasteiger partial charge in [0.15, 0.2) is 0 Å². The molecule has 4 aromatic rings. The van der Waals surface area contributed by atoms with Crippen LogP contribution in [0.4, 0.5) is 0 Å². The predicted octanol–water partition coefficient (Wildman–Crippen LogP) is 5.04. The Bertz CT molecular complexity index is 1500. The summed E-state index contributed by atoms with van der Waals surface area (Å²) in [7, 11) is 3.83. The van der Waals surface area contributed by atoms with Crippen LogP contribution in [-0.4, -0.2) is 71.6 Å². The molecule has 1 aromatic heterocycles. The normalized spacial score (nSPS) is 16.6. The van der Waals surface area contributed by atoms with Crippen molar-refractivity contribution in [1.29, 1.82) is 0 Å². The van der Waals surface area contributed by atoms with Gasteiger partial charge in [0, 0.05) is 42.4 Å². The first kappa shape index (κ1) is 27.0.